The monoisotopic (exact) mass is 302 g/mol. The Morgan fingerprint density at radius 3 is 2.27 bits per heavy atom. The predicted molar refractivity (Wildman–Crippen MR) is 82.7 cm³/mol. The standard InChI is InChI=1S/C17H22N2O3/c20-16(13-6-8-15(9-7-13)18-17(21)22)19-10-14(11-19)12-4-2-1-3-5-12/h1-5,13-15,18H,6-11H2,(H,21,22)/t13-,15-. The number of nitrogens with one attached hydrogen (secondary N) is 1. The summed E-state index contributed by atoms with van der Waals surface area (Å²) in [6, 6.07) is 10.3. The van der Waals surface area contributed by atoms with Gasteiger partial charge in [0.1, 0.15) is 0 Å². The number of nitrogens with zero attached hydrogens (tertiary/aromatic N) is 1. The normalized spacial score (nSPS) is 25.4. The molecule has 0 bridgehead atoms. The van der Waals surface area contributed by atoms with Crippen LogP contribution < -0.4 is 5.32 Å². The molecule has 0 unspecified atom stereocenters. The van der Waals surface area contributed by atoms with Gasteiger partial charge in [-0.3, -0.25) is 4.79 Å². The maximum atomic E-state index is 12.5. The number of hydrogen-bond acceptors (Lipinski definition) is 2. The Hall–Kier alpha value is -2.04. The molecule has 1 saturated heterocycles. The van der Waals surface area contributed by atoms with Crippen molar-refractivity contribution in [2.75, 3.05) is 13.1 Å². The number of benzene rings is 1. The molecule has 0 atom stereocenters. The van der Waals surface area contributed by atoms with Crippen LogP contribution in [-0.4, -0.2) is 41.1 Å². The minimum absolute atomic E-state index is 0.00927. The smallest absolute Gasteiger partial charge is 0.404 e. The molecule has 2 amide bonds. The summed E-state index contributed by atoms with van der Waals surface area (Å²) in [5.41, 5.74) is 1.31. The third kappa shape index (κ3) is 3.24. The second kappa shape index (κ2) is 6.38. The minimum atomic E-state index is -0.969. The maximum Gasteiger partial charge on any atom is 0.404 e. The van der Waals surface area contributed by atoms with E-state index in [0.717, 1.165) is 38.8 Å². The third-order valence-electron chi connectivity index (χ3n) is 4.87. The van der Waals surface area contributed by atoms with E-state index in [9.17, 15) is 9.59 Å². The first-order valence-electron chi connectivity index (χ1n) is 7.96. The van der Waals surface area contributed by atoms with Crippen LogP contribution in [0.4, 0.5) is 4.79 Å². The summed E-state index contributed by atoms with van der Waals surface area (Å²) < 4.78 is 0. The summed E-state index contributed by atoms with van der Waals surface area (Å²) in [5.74, 6) is 0.791. The Balaban J connectivity index is 1.45. The van der Waals surface area contributed by atoms with Crippen molar-refractivity contribution < 1.29 is 14.7 Å². The van der Waals surface area contributed by atoms with Crippen molar-refractivity contribution in [1.29, 1.82) is 0 Å². The molecule has 1 aliphatic carbocycles. The zero-order valence-corrected chi connectivity index (χ0v) is 12.6. The Kier molecular flexibility index (Phi) is 4.32. The number of carboxylic acid groups (broad SMARTS) is 1. The molecular formula is C17H22N2O3. The largest absolute Gasteiger partial charge is 0.465 e. The fourth-order valence-corrected chi connectivity index (χ4v) is 3.51. The lowest BCUT2D eigenvalue weighted by Gasteiger charge is -2.42. The van der Waals surface area contributed by atoms with E-state index in [4.69, 9.17) is 5.11 Å². The molecule has 5 nitrogen and oxygen atoms in total. The number of carbonyl (C=O) groups is 2. The molecule has 1 aliphatic heterocycles. The van der Waals surface area contributed by atoms with Gasteiger partial charge in [0.05, 0.1) is 0 Å². The zero-order chi connectivity index (χ0) is 15.5. The van der Waals surface area contributed by atoms with E-state index in [1.165, 1.54) is 5.56 Å². The van der Waals surface area contributed by atoms with Gasteiger partial charge in [-0.2, -0.15) is 0 Å². The van der Waals surface area contributed by atoms with E-state index >= 15 is 0 Å². The van der Waals surface area contributed by atoms with Gasteiger partial charge in [-0.25, -0.2) is 4.79 Å². The Labute approximate surface area is 130 Å². The van der Waals surface area contributed by atoms with Crippen molar-refractivity contribution in [3.63, 3.8) is 0 Å². The molecule has 2 aliphatic rings. The van der Waals surface area contributed by atoms with Crippen molar-refractivity contribution in [1.82, 2.24) is 10.2 Å². The molecule has 1 aromatic carbocycles. The van der Waals surface area contributed by atoms with Crippen molar-refractivity contribution in [2.24, 2.45) is 5.92 Å². The molecule has 1 heterocycles. The van der Waals surface area contributed by atoms with Gasteiger partial charge in [-0.1, -0.05) is 30.3 Å². The molecule has 1 saturated carbocycles. The Morgan fingerprint density at radius 1 is 1.05 bits per heavy atom. The number of amides is 2. The molecule has 118 valence electrons. The summed E-state index contributed by atoms with van der Waals surface area (Å²) in [6.45, 7) is 1.63. The van der Waals surface area contributed by atoms with Gasteiger partial charge in [-0.15, -0.1) is 0 Å². The van der Waals surface area contributed by atoms with Crippen molar-refractivity contribution >= 4 is 12.0 Å². The van der Waals surface area contributed by atoms with E-state index in [2.05, 4.69) is 17.4 Å². The number of hydrogen-bond donors (Lipinski definition) is 2. The highest BCUT2D eigenvalue weighted by Gasteiger charge is 2.36. The summed E-state index contributed by atoms with van der Waals surface area (Å²) in [7, 11) is 0. The second-order valence-electron chi connectivity index (χ2n) is 6.35. The number of rotatable bonds is 3. The number of carbonyl (C=O) groups excluding carboxylic acids is 1. The van der Waals surface area contributed by atoms with Crippen molar-refractivity contribution in [2.45, 2.75) is 37.6 Å². The summed E-state index contributed by atoms with van der Waals surface area (Å²) in [5, 5.41) is 11.2. The topological polar surface area (TPSA) is 69.6 Å². The quantitative estimate of drug-likeness (QED) is 0.901. The van der Waals surface area contributed by atoms with E-state index in [1.807, 2.05) is 23.1 Å². The fraction of sp³-hybridized carbons (Fsp3) is 0.529. The van der Waals surface area contributed by atoms with Gasteiger partial charge in [0, 0.05) is 31.0 Å². The van der Waals surface area contributed by atoms with Crippen LogP contribution in [0.5, 0.6) is 0 Å². The highest BCUT2D eigenvalue weighted by Crippen LogP contribution is 2.32. The molecule has 0 radical (unpaired) electrons. The SMILES string of the molecule is O=C(O)N[C@H]1CC[C@H](C(=O)N2CC(c3ccccc3)C2)CC1. The molecular weight excluding hydrogens is 280 g/mol. The summed E-state index contributed by atoms with van der Waals surface area (Å²) >= 11 is 0. The first-order valence-corrected chi connectivity index (χ1v) is 7.96. The lowest BCUT2D eigenvalue weighted by atomic mass is 9.83. The van der Waals surface area contributed by atoms with Gasteiger partial charge in [0.2, 0.25) is 5.91 Å². The van der Waals surface area contributed by atoms with Crippen molar-refractivity contribution in [3.05, 3.63) is 35.9 Å². The third-order valence-corrected chi connectivity index (χ3v) is 4.87. The summed E-state index contributed by atoms with van der Waals surface area (Å²) in [4.78, 5) is 25.1. The Morgan fingerprint density at radius 2 is 1.68 bits per heavy atom. The molecule has 1 aromatic rings. The van der Waals surface area contributed by atoms with Gasteiger partial charge < -0.3 is 15.3 Å². The predicted octanol–water partition coefficient (Wildman–Crippen LogP) is 2.44. The van der Waals surface area contributed by atoms with E-state index in [-0.39, 0.29) is 17.9 Å². The highest BCUT2D eigenvalue weighted by molar-refractivity contribution is 5.80. The molecule has 2 N–H and O–H groups in total. The lowest BCUT2D eigenvalue weighted by molar-refractivity contribution is -0.141. The van der Waals surface area contributed by atoms with Crippen LogP contribution in [0.3, 0.4) is 0 Å². The van der Waals surface area contributed by atoms with Crippen LogP contribution in [0.15, 0.2) is 30.3 Å². The van der Waals surface area contributed by atoms with E-state index in [1.54, 1.807) is 0 Å². The zero-order valence-electron chi connectivity index (χ0n) is 12.6. The van der Waals surface area contributed by atoms with Gasteiger partial charge in [0.15, 0.2) is 0 Å². The van der Waals surface area contributed by atoms with Crippen LogP contribution in [-0.2, 0) is 4.79 Å². The van der Waals surface area contributed by atoms with E-state index in [0.29, 0.717) is 5.92 Å². The lowest BCUT2D eigenvalue weighted by Crippen LogP contribution is -2.51. The summed E-state index contributed by atoms with van der Waals surface area (Å²) in [6.07, 6.45) is 2.13. The average molecular weight is 302 g/mol. The van der Waals surface area contributed by atoms with Crippen LogP contribution in [0.25, 0.3) is 0 Å². The molecule has 0 spiro atoms. The van der Waals surface area contributed by atoms with Crippen LogP contribution in [0.1, 0.15) is 37.2 Å². The van der Waals surface area contributed by atoms with Crippen molar-refractivity contribution in [3.8, 4) is 0 Å². The van der Waals surface area contributed by atoms with Gasteiger partial charge in [0.25, 0.3) is 0 Å². The molecule has 3 rings (SSSR count). The molecule has 22 heavy (non-hydrogen) atoms. The minimum Gasteiger partial charge on any atom is -0.465 e. The Bertz CT molecular complexity index is 532. The fourth-order valence-electron chi connectivity index (χ4n) is 3.51. The van der Waals surface area contributed by atoms with Gasteiger partial charge >= 0.3 is 6.09 Å². The van der Waals surface area contributed by atoms with E-state index < -0.39 is 6.09 Å². The van der Waals surface area contributed by atoms with Crippen LogP contribution in [0.2, 0.25) is 0 Å². The molecule has 2 fully saturated rings. The number of likely N-dealkylation sites (tertiary alicyclic amines) is 1. The first-order chi connectivity index (χ1) is 10.6. The van der Waals surface area contributed by atoms with Crippen LogP contribution in [0, 0.1) is 5.92 Å². The van der Waals surface area contributed by atoms with Crippen LogP contribution >= 0.6 is 0 Å². The highest BCUT2D eigenvalue weighted by atomic mass is 16.4. The first kappa shape index (κ1) is 14.9. The average Bonchev–Trinajstić information content (AvgIpc) is 2.47. The molecule has 0 aromatic heterocycles. The second-order valence-corrected chi connectivity index (χ2v) is 6.35. The maximum absolute atomic E-state index is 12.5. The molecule has 5 heteroatoms. The van der Waals surface area contributed by atoms with Gasteiger partial charge in [-0.05, 0) is 31.2 Å².